The average molecular weight is 318 g/mol. The van der Waals surface area contributed by atoms with Crippen molar-refractivity contribution in [2.24, 2.45) is 5.73 Å². The quantitative estimate of drug-likeness (QED) is 0.680. The second kappa shape index (κ2) is 8.22. The van der Waals surface area contributed by atoms with E-state index >= 15 is 0 Å². The van der Waals surface area contributed by atoms with Gasteiger partial charge in [0.2, 0.25) is 10.0 Å². The summed E-state index contributed by atoms with van der Waals surface area (Å²) in [7, 11) is -3.89. The molecule has 104 valence electrons. The summed E-state index contributed by atoms with van der Waals surface area (Å²) in [5.41, 5.74) is 5.14. The molecule has 0 spiro atoms. The normalized spacial score (nSPS) is 11.8. The summed E-state index contributed by atoms with van der Waals surface area (Å²) in [5.74, 6) is -1.32. The summed E-state index contributed by atoms with van der Waals surface area (Å²) in [4.78, 5) is 14.1. The maximum absolute atomic E-state index is 11.6. The summed E-state index contributed by atoms with van der Waals surface area (Å²) in [6.45, 7) is -0.325. The van der Waals surface area contributed by atoms with Gasteiger partial charge in [-0.25, -0.2) is 8.42 Å². The van der Waals surface area contributed by atoms with Crippen molar-refractivity contribution in [1.29, 1.82) is 0 Å². The molecule has 1 aromatic heterocycles. The molecule has 4 N–H and O–H groups in total. The van der Waals surface area contributed by atoms with Crippen molar-refractivity contribution in [3.63, 3.8) is 0 Å². The maximum atomic E-state index is 11.6. The average Bonchev–Trinajstić information content (AvgIpc) is 2.27. The highest BCUT2D eigenvalue weighted by atomic mass is 35.5. The molecular formula is C8H13Cl2N3O4S. The molecule has 0 amide bonds. The maximum Gasteiger partial charge on any atom is 0.323 e. The highest BCUT2D eigenvalue weighted by Gasteiger charge is 2.23. The first-order valence-corrected chi connectivity index (χ1v) is 5.81. The molecule has 7 nitrogen and oxygen atoms in total. The van der Waals surface area contributed by atoms with E-state index < -0.39 is 22.0 Å². The number of carbonyl (C=O) groups is 1. The van der Waals surface area contributed by atoms with Crippen LogP contribution in [0.25, 0.3) is 0 Å². The SMILES string of the molecule is Cl.Cl.NC[C@H](NS(=O)(=O)c1cccnc1)C(=O)O. The van der Waals surface area contributed by atoms with Gasteiger partial charge in [-0.2, -0.15) is 4.72 Å². The van der Waals surface area contributed by atoms with Crippen molar-refractivity contribution >= 4 is 40.8 Å². The molecule has 0 aliphatic rings. The molecule has 1 aromatic rings. The predicted octanol–water partition coefficient (Wildman–Crippen LogP) is -0.385. The lowest BCUT2D eigenvalue weighted by Crippen LogP contribution is -2.45. The fraction of sp³-hybridized carbons (Fsp3) is 0.250. The first-order valence-electron chi connectivity index (χ1n) is 4.32. The molecule has 0 saturated carbocycles. The molecule has 1 atom stereocenters. The van der Waals surface area contributed by atoms with Crippen molar-refractivity contribution < 1.29 is 18.3 Å². The standard InChI is InChI=1S/C8H11N3O4S.2ClH/c9-4-7(8(12)13)11-16(14,15)6-2-1-3-10-5-6;;/h1-3,5,7,11H,4,9H2,(H,12,13);2*1H/t7-;;/m0../s1. The zero-order valence-corrected chi connectivity index (χ0v) is 11.5. The van der Waals surface area contributed by atoms with E-state index in [0.717, 1.165) is 6.20 Å². The number of hydrogen-bond acceptors (Lipinski definition) is 5. The first kappa shape index (κ1) is 19.4. The van der Waals surface area contributed by atoms with Gasteiger partial charge in [0.15, 0.2) is 0 Å². The Balaban J connectivity index is 0. The van der Waals surface area contributed by atoms with Crippen LogP contribution in [-0.4, -0.2) is 37.1 Å². The molecule has 0 radical (unpaired) electrons. The van der Waals surface area contributed by atoms with Gasteiger partial charge >= 0.3 is 5.97 Å². The molecule has 0 aliphatic heterocycles. The molecule has 0 aliphatic carbocycles. The molecule has 1 heterocycles. The molecular weight excluding hydrogens is 305 g/mol. The first-order chi connectivity index (χ1) is 7.47. The van der Waals surface area contributed by atoms with E-state index in [1.165, 1.54) is 18.3 Å². The number of halogens is 2. The topological polar surface area (TPSA) is 122 Å². The van der Waals surface area contributed by atoms with E-state index in [9.17, 15) is 13.2 Å². The molecule has 10 heteroatoms. The van der Waals surface area contributed by atoms with Crippen LogP contribution >= 0.6 is 24.8 Å². The number of nitrogens with zero attached hydrogens (tertiary/aromatic N) is 1. The molecule has 18 heavy (non-hydrogen) atoms. The van der Waals surface area contributed by atoms with Gasteiger partial charge in [0.25, 0.3) is 0 Å². The Morgan fingerprint density at radius 2 is 2.11 bits per heavy atom. The number of aromatic nitrogens is 1. The number of carboxylic acids is 1. The Bertz CT molecular complexity index is 468. The highest BCUT2D eigenvalue weighted by Crippen LogP contribution is 2.05. The third-order valence-corrected chi connectivity index (χ3v) is 3.23. The highest BCUT2D eigenvalue weighted by molar-refractivity contribution is 7.89. The minimum atomic E-state index is -3.89. The lowest BCUT2D eigenvalue weighted by Gasteiger charge is -2.12. The number of nitrogens with one attached hydrogen (secondary N) is 1. The minimum Gasteiger partial charge on any atom is -0.480 e. The van der Waals surface area contributed by atoms with Crippen LogP contribution in [0, 0.1) is 0 Å². The monoisotopic (exact) mass is 317 g/mol. The van der Waals surface area contributed by atoms with Gasteiger partial charge in [-0.15, -0.1) is 24.8 Å². The fourth-order valence-corrected chi connectivity index (χ4v) is 2.13. The number of sulfonamides is 1. The number of carboxylic acid groups (broad SMARTS) is 1. The Hall–Kier alpha value is -0.930. The number of rotatable bonds is 5. The smallest absolute Gasteiger partial charge is 0.323 e. The van der Waals surface area contributed by atoms with Crippen LogP contribution in [0.2, 0.25) is 0 Å². The summed E-state index contributed by atoms with van der Waals surface area (Å²) < 4.78 is 25.2. The van der Waals surface area contributed by atoms with E-state index in [-0.39, 0.29) is 36.3 Å². The predicted molar refractivity (Wildman–Crippen MR) is 69.5 cm³/mol. The van der Waals surface area contributed by atoms with E-state index in [1.807, 2.05) is 4.72 Å². The van der Waals surface area contributed by atoms with Gasteiger partial charge in [0.05, 0.1) is 0 Å². The van der Waals surface area contributed by atoms with Gasteiger partial charge in [-0.3, -0.25) is 9.78 Å². The van der Waals surface area contributed by atoms with Crippen LogP contribution in [0.3, 0.4) is 0 Å². The van der Waals surface area contributed by atoms with Gasteiger partial charge < -0.3 is 10.8 Å². The van der Waals surface area contributed by atoms with Crippen LogP contribution in [0.5, 0.6) is 0 Å². The summed E-state index contributed by atoms with van der Waals surface area (Å²) >= 11 is 0. The third kappa shape index (κ3) is 5.15. The van der Waals surface area contributed by atoms with Crippen LogP contribution < -0.4 is 10.5 Å². The fourth-order valence-electron chi connectivity index (χ4n) is 0.961. The third-order valence-electron chi connectivity index (χ3n) is 1.78. The van der Waals surface area contributed by atoms with Crippen molar-refractivity contribution in [3.8, 4) is 0 Å². The molecule has 1 rings (SSSR count). The molecule has 0 unspecified atom stereocenters. The molecule has 0 saturated heterocycles. The van der Waals surface area contributed by atoms with Gasteiger partial charge in [-0.1, -0.05) is 0 Å². The van der Waals surface area contributed by atoms with Crippen molar-refractivity contribution in [1.82, 2.24) is 9.71 Å². The summed E-state index contributed by atoms with van der Waals surface area (Å²) in [5, 5.41) is 8.66. The van der Waals surface area contributed by atoms with E-state index in [1.54, 1.807) is 0 Å². The Kier molecular flexibility index (Phi) is 8.87. The minimum absolute atomic E-state index is 0. The van der Waals surface area contributed by atoms with Crippen LogP contribution in [-0.2, 0) is 14.8 Å². The van der Waals surface area contributed by atoms with E-state index in [4.69, 9.17) is 10.8 Å². The number of hydrogen-bond donors (Lipinski definition) is 3. The van der Waals surface area contributed by atoms with Gasteiger partial charge in [0, 0.05) is 18.9 Å². The van der Waals surface area contributed by atoms with Gasteiger partial charge in [0.1, 0.15) is 10.9 Å². The van der Waals surface area contributed by atoms with Crippen molar-refractivity contribution in [2.45, 2.75) is 10.9 Å². The Morgan fingerprint density at radius 3 is 2.50 bits per heavy atom. The largest absolute Gasteiger partial charge is 0.480 e. The molecule has 0 aromatic carbocycles. The van der Waals surface area contributed by atoms with E-state index in [0.29, 0.717) is 0 Å². The second-order valence-electron chi connectivity index (χ2n) is 2.94. The van der Waals surface area contributed by atoms with E-state index in [2.05, 4.69) is 4.98 Å². The Morgan fingerprint density at radius 1 is 1.50 bits per heavy atom. The molecule has 0 bridgehead atoms. The summed E-state index contributed by atoms with van der Waals surface area (Å²) in [6.07, 6.45) is 2.54. The van der Waals surface area contributed by atoms with Crippen molar-refractivity contribution in [2.75, 3.05) is 6.54 Å². The zero-order chi connectivity index (χ0) is 12.2. The van der Waals surface area contributed by atoms with Crippen LogP contribution in [0.15, 0.2) is 29.4 Å². The van der Waals surface area contributed by atoms with Crippen LogP contribution in [0.4, 0.5) is 0 Å². The lowest BCUT2D eigenvalue weighted by atomic mass is 10.3. The number of pyridine rings is 1. The lowest BCUT2D eigenvalue weighted by molar-refractivity contribution is -0.138. The second-order valence-corrected chi connectivity index (χ2v) is 4.65. The van der Waals surface area contributed by atoms with Crippen LogP contribution in [0.1, 0.15) is 0 Å². The summed E-state index contributed by atoms with van der Waals surface area (Å²) in [6, 6.07) is 1.41. The van der Waals surface area contributed by atoms with Gasteiger partial charge in [-0.05, 0) is 12.1 Å². The van der Waals surface area contributed by atoms with Crippen molar-refractivity contribution in [3.05, 3.63) is 24.5 Å². The zero-order valence-electron chi connectivity index (χ0n) is 9.02. The number of nitrogens with two attached hydrogens (primary N) is 1. The molecule has 0 fully saturated rings. The number of aliphatic carboxylic acids is 1. The Labute approximate surface area is 117 Å².